The van der Waals surface area contributed by atoms with Crippen LogP contribution in [-0.4, -0.2) is 27.1 Å². The van der Waals surface area contributed by atoms with Crippen LogP contribution in [0.15, 0.2) is 18.3 Å². The Morgan fingerprint density at radius 3 is 2.75 bits per heavy atom. The first kappa shape index (κ1) is 9.59. The molecule has 0 aromatic carbocycles. The minimum Gasteiger partial charge on any atom is -0.505 e. The molecule has 0 unspecified atom stereocenters. The van der Waals surface area contributed by atoms with Crippen molar-refractivity contribution in [3.05, 3.63) is 24.0 Å². The lowest BCUT2D eigenvalue weighted by Gasteiger charge is -2.68. The number of nitrogens with zero attached hydrogens (tertiary/aromatic N) is 1. The molecule has 1 amide bonds. The van der Waals surface area contributed by atoms with Crippen molar-refractivity contribution in [2.24, 2.45) is 5.73 Å². The number of amides is 1. The molecule has 3 fully saturated rings. The first-order valence-electron chi connectivity index (χ1n) is 5.27. The van der Waals surface area contributed by atoms with Gasteiger partial charge in [0.05, 0.1) is 0 Å². The van der Waals surface area contributed by atoms with Crippen LogP contribution in [0.3, 0.4) is 0 Å². The number of aromatic hydroxyl groups is 1. The number of nitrogens with two attached hydrogens (primary N) is 1. The number of rotatable bonds is 2. The molecule has 0 atom stereocenters. The summed E-state index contributed by atoms with van der Waals surface area (Å²) < 4.78 is 0. The van der Waals surface area contributed by atoms with Crippen LogP contribution in [0.1, 0.15) is 29.8 Å². The van der Waals surface area contributed by atoms with Crippen molar-refractivity contribution in [2.45, 2.75) is 30.3 Å². The van der Waals surface area contributed by atoms with Crippen LogP contribution in [0.4, 0.5) is 0 Å². The predicted octanol–water partition coefficient (Wildman–Crippen LogP) is 0.151. The second kappa shape index (κ2) is 2.74. The Bertz CT molecular complexity index is 452. The van der Waals surface area contributed by atoms with Crippen molar-refractivity contribution in [1.82, 2.24) is 10.3 Å². The van der Waals surface area contributed by atoms with E-state index >= 15 is 0 Å². The molecule has 3 saturated carbocycles. The first-order valence-corrected chi connectivity index (χ1v) is 5.27. The molecule has 0 saturated heterocycles. The number of pyridine rings is 1. The van der Waals surface area contributed by atoms with Crippen molar-refractivity contribution >= 4 is 5.91 Å². The molecular weight excluding hydrogens is 206 g/mol. The summed E-state index contributed by atoms with van der Waals surface area (Å²) >= 11 is 0. The number of hydrogen-bond acceptors (Lipinski definition) is 4. The van der Waals surface area contributed by atoms with Crippen LogP contribution in [0.5, 0.6) is 5.75 Å². The highest BCUT2D eigenvalue weighted by atomic mass is 16.3. The zero-order valence-corrected chi connectivity index (χ0v) is 8.73. The third kappa shape index (κ3) is 1.21. The molecule has 5 heteroatoms. The molecule has 0 aliphatic heterocycles. The first-order chi connectivity index (χ1) is 7.52. The minimum absolute atomic E-state index is 0.0422. The van der Waals surface area contributed by atoms with E-state index < -0.39 is 0 Å². The molecule has 16 heavy (non-hydrogen) atoms. The molecule has 4 N–H and O–H groups in total. The van der Waals surface area contributed by atoms with Gasteiger partial charge in [-0.25, -0.2) is 4.98 Å². The predicted molar refractivity (Wildman–Crippen MR) is 56.9 cm³/mol. The fraction of sp³-hybridized carbons (Fsp3) is 0.455. The van der Waals surface area contributed by atoms with Gasteiger partial charge in [-0.05, 0) is 31.4 Å². The van der Waals surface area contributed by atoms with Gasteiger partial charge in [0, 0.05) is 17.3 Å². The lowest BCUT2D eigenvalue weighted by Crippen LogP contribution is -2.82. The number of carbonyl (C=O) groups is 1. The van der Waals surface area contributed by atoms with Gasteiger partial charge in [0.1, 0.15) is 5.75 Å². The quantitative estimate of drug-likeness (QED) is 0.660. The Morgan fingerprint density at radius 1 is 1.50 bits per heavy atom. The molecule has 4 rings (SSSR count). The number of hydrogen-bond donors (Lipinski definition) is 3. The molecule has 5 nitrogen and oxygen atoms in total. The van der Waals surface area contributed by atoms with E-state index in [4.69, 9.17) is 5.73 Å². The molecule has 0 radical (unpaired) electrons. The highest BCUT2D eigenvalue weighted by Gasteiger charge is 2.66. The molecule has 84 valence electrons. The number of nitrogens with one attached hydrogen (secondary N) is 1. The Hall–Kier alpha value is -1.62. The Balaban J connectivity index is 1.73. The summed E-state index contributed by atoms with van der Waals surface area (Å²) in [6, 6.07) is 3.04. The lowest BCUT2D eigenvalue weighted by atomic mass is 9.44. The average molecular weight is 219 g/mol. The Labute approximate surface area is 92.7 Å². The van der Waals surface area contributed by atoms with Crippen molar-refractivity contribution in [3.8, 4) is 5.75 Å². The summed E-state index contributed by atoms with van der Waals surface area (Å²) in [6.45, 7) is 0. The van der Waals surface area contributed by atoms with E-state index in [9.17, 15) is 9.90 Å². The van der Waals surface area contributed by atoms with Crippen LogP contribution < -0.4 is 11.1 Å². The van der Waals surface area contributed by atoms with Gasteiger partial charge in [-0.1, -0.05) is 0 Å². The van der Waals surface area contributed by atoms with Gasteiger partial charge in [0.15, 0.2) is 5.69 Å². The van der Waals surface area contributed by atoms with Crippen molar-refractivity contribution in [1.29, 1.82) is 0 Å². The van der Waals surface area contributed by atoms with Crippen LogP contribution >= 0.6 is 0 Å². The number of aromatic nitrogens is 1. The van der Waals surface area contributed by atoms with Crippen LogP contribution in [0.25, 0.3) is 0 Å². The second-order valence-corrected chi connectivity index (χ2v) is 5.00. The van der Waals surface area contributed by atoms with Crippen molar-refractivity contribution < 1.29 is 9.90 Å². The Morgan fingerprint density at radius 2 is 2.19 bits per heavy atom. The highest BCUT2D eigenvalue weighted by Crippen LogP contribution is 2.58. The van der Waals surface area contributed by atoms with Crippen LogP contribution in [0.2, 0.25) is 0 Å². The molecular formula is C11H13N3O2. The molecule has 3 aliphatic carbocycles. The van der Waals surface area contributed by atoms with Crippen molar-refractivity contribution in [3.63, 3.8) is 0 Å². The van der Waals surface area contributed by atoms with Gasteiger partial charge in [-0.2, -0.15) is 0 Å². The molecule has 3 aliphatic rings. The third-order valence-electron chi connectivity index (χ3n) is 3.45. The van der Waals surface area contributed by atoms with E-state index in [-0.39, 0.29) is 28.4 Å². The maximum absolute atomic E-state index is 11.8. The summed E-state index contributed by atoms with van der Waals surface area (Å²) in [4.78, 5) is 15.7. The number of carbonyl (C=O) groups excluding carboxylic acids is 1. The van der Waals surface area contributed by atoms with E-state index in [0.717, 1.165) is 19.3 Å². The molecule has 1 aromatic heterocycles. The second-order valence-electron chi connectivity index (χ2n) is 5.00. The van der Waals surface area contributed by atoms with E-state index in [1.807, 2.05) is 0 Å². The Kier molecular flexibility index (Phi) is 1.64. The zero-order chi connectivity index (χ0) is 11.4. The normalized spacial score (nSPS) is 34.8. The summed E-state index contributed by atoms with van der Waals surface area (Å²) in [5.74, 6) is -0.408. The SMILES string of the molecule is NC12CC(NC(=O)c3ncccc3O)(C1)C2. The molecule has 1 heterocycles. The maximum atomic E-state index is 11.8. The summed E-state index contributed by atoms with van der Waals surface area (Å²) in [6.07, 6.45) is 3.99. The van der Waals surface area contributed by atoms with E-state index in [1.54, 1.807) is 6.07 Å². The molecule has 2 bridgehead atoms. The van der Waals surface area contributed by atoms with E-state index in [0.29, 0.717) is 0 Å². The smallest absolute Gasteiger partial charge is 0.274 e. The van der Waals surface area contributed by atoms with Gasteiger partial charge < -0.3 is 16.2 Å². The molecule has 0 spiro atoms. The van der Waals surface area contributed by atoms with Gasteiger partial charge in [-0.3, -0.25) is 4.79 Å². The molecule has 1 aromatic rings. The highest BCUT2D eigenvalue weighted by molar-refractivity contribution is 5.95. The van der Waals surface area contributed by atoms with E-state index in [2.05, 4.69) is 10.3 Å². The topological polar surface area (TPSA) is 88.2 Å². The summed E-state index contributed by atoms with van der Waals surface area (Å²) in [5, 5.41) is 12.4. The van der Waals surface area contributed by atoms with Gasteiger partial charge in [0.2, 0.25) is 0 Å². The maximum Gasteiger partial charge on any atom is 0.274 e. The van der Waals surface area contributed by atoms with Crippen LogP contribution in [-0.2, 0) is 0 Å². The average Bonchev–Trinajstić information content (AvgIpc) is 2.14. The fourth-order valence-electron chi connectivity index (χ4n) is 2.87. The zero-order valence-electron chi connectivity index (χ0n) is 8.73. The largest absolute Gasteiger partial charge is 0.505 e. The minimum atomic E-state index is -0.320. The lowest BCUT2D eigenvalue weighted by molar-refractivity contribution is -0.0713. The fourth-order valence-corrected chi connectivity index (χ4v) is 2.87. The van der Waals surface area contributed by atoms with Gasteiger partial charge >= 0.3 is 0 Å². The van der Waals surface area contributed by atoms with Gasteiger partial charge in [0.25, 0.3) is 5.91 Å². The monoisotopic (exact) mass is 219 g/mol. The third-order valence-corrected chi connectivity index (χ3v) is 3.45. The van der Waals surface area contributed by atoms with Gasteiger partial charge in [-0.15, -0.1) is 0 Å². The summed E-state index contributed by atoms with van der Waals surface area (Å²) in [7, 11) is 0. The standard InChI is InChI=1S/C11H13N3O2/c12-10-4-11(5-10,6-10)14-9(16)8-7(15)2-1-3-13-8/h1-3,15H,4-6,12H2,(H,14,16). The van der Waals surface area contributed by atoms with E-state index in [1.165, 1.54) is 12.3 Å². The summed E-state index contributed by atoms with van der Waals surface area (Å²) in [5.41, 5.74) is 5.81. The van der Waals surface area contributed by atoms with Crippen LogP contribution in [0, 0.1) is 0 Å². The van der Waals surface area contributed by atoms with Crippen molar-refractivity contribution in [2.75, 3.05) is 0 Å².